The third-order valence-electron chi connectivity index (χ3n) is 3.98. The molecular formula is C15H23N3O. The number of aryl methyl sites for hydroxylation is 1. The van der Waals surface area contributed by atoms with E-state index in [1.165, 1.54) is 11.1 Å². The highest BCUT2D eigenvalue weighted by atomic mass is 16.2. The molecule has 0 saturated carbocycles. The van der Waals surface area contributed by atoms with Crippen molar-refractivity contribution in [2.45, 2.75) is 39.3 Å². The van der Waals surface area contributed by atoms with Crippen LogP contribution in [0.25, 0.3) is 0 Å². The Morgan fingerprint density at radius 1 is 1.42 bits per heavy atom. The van der Waals surface area contributed by atoms with Crippen LogP contribution >= 0.6 is 0 Å². The van der Waals surface area contributed by atoms with Crippen LogP contribution in [0.2, 0.25) is 0 Å². The number of amides is 1. The molecule has 0 spiro atoms. The molecule has 0 bridgehead atoms. The van der Waals surface area contributed by atoms with Crippen molar-refractivity contribution in [2.24, 2.45) is 5.73 Å². The average molecular weight is 261 g/mol. The molecule has 1 aromatic carbocycles. The Balaban J connectivity index is 2.42. The van der Waals surface area contributed by atoms with Gasteiger partial charge >= 0.3 is 0 Å². The molecule has 2 unspecified atom stereocenters. The maximum atomic E-state index is 12.1. The molecule has 3 N–H and O–H groups in total. The van der Waals surface area contributed by atoms with E-state index in [0.717, 1.165) is 5.69 Å². The van der Waals surface area contributed by atoms with E-state index in [4.69, 9.17) is 5.73 Å². The van der Waals surface area contributed by atoms with Gasteiger partial charge in [-0.15, -0.1) is 0 Å². The predicted octanol–water partition coefficient (Wildman–Crippen LogP) is 1.35. The summed E-state index contributed by atoms with van der Waals surface area (Å²) in [5.74, 6) is 0.0875. The molecule has 1 aliphatic heterocycles. The van der Waals surface area contributed by atoms with E-state index >= 15 is 0 Å². The Morgan fingerprint density at radius 3 is 2.84 bits per heavy atom. The highest BCUT2D eigenvalue weighted by Crippen LogP contribution is 2.28. The minimum Gasteiger partial charge on any atom is -0.355 e. The lowest BCUT2D eigenvalue weighted by atomic mass is 9.99. The van der Waals surface area contributed by atoms with Gasteiger partial charge in [0.15, 0.2) is 0 Å². The summed E-state index contributed by atoms with van der Waals surface area (Å²) in [6, 6.07) is 6.38. The van der Waals surface area contributed by atoms with Crippen LogP contribution in [-0.4, -0.2) is 31.1 Å². The molecule has 2 rings (SSSR count). The van der Waals surface area contributed by atoms with Gasteiger partial charge < -0.3 is 16.0 Å². The summed E-state index contributed by atoms with van der Waals surface area (Å²) in [6.07, 6.45) is 0.684. The summed E-state index contributed by atoms with van der Waals surface area (Å²) >= 11 is 0. The maximum absolute atomic E-state index is 12.1. The van der Waals surface area contributed by atoms with Gasteiger partial charge in [-0.1, -0.05) is 12.1 Å². The second-order valence-corrected chi connectivity index (χ2v) is 5.31. The van der Waals surface area contributed by atoms with Crippen LogP contribution in [0.4, 0.5) is 5.69 Å². The van der Waals surface area contributed by atoms with E-state index in [1.54, 1.807) is 0 Å². The number of hydrogen-bond acceptors (Lipinski definition) is 3. The van der Waals surface area contributed by atoms with Crippen LogP contribution in [0, 0.1) is 13.8 Å². The Hall–Kier alpha value is -1.55. The van der Waals surface area contributed by atoms with Crippen molar-refractivity contribution in [3.8, 4) is 0 Å². The number of piperazine rings is 1. The lowest BCUT2D eigenvalue weighted by Gasteiger charge is -2.42. The number of nitrogens with two attached hydrogens (primary N) is 1. The Labute approximate surface area is 115 Å². The van der Waals surface area contributed by atoms with Crippen molar-refractivity contribution >= 4 is 11.6 Å². The van der Waals surface area contributed by atoms with Gasteiger partial charge in [0.25, 0.3) is 0 Å². The molecule has 2 atom stereocenters. The summed E-state index contributed by atoms with van der Waals surface area (Å²) in [6.45, 7) is 7.57. The second kappa shape index (κ2) is 5.61. The first-order chi connectivity index (χ1) is 9.06. The molecule has 1 heterocycles. The van der Waals surface area contributed by atoms with Gasteiger partial charge in [-0.2, -0.15) is 0 Å². The lowest BCUT2D eigenvalue weighted by Crippen LogP contribution is -2.60. The highest BCUT2D eigenvalue weighted by Gasteiger charge is 2.34. The molecule has 1 aliphatic rings. The fourth-order valence-corrected chi connectivity index (χ4v) is 2.75. The summed E-state index contributed by atoms with van der Waals surface area (Å²) in [7, 11) is 0. The smallest absolute Gasteiger partial charge is 0.242 e. The number of hydrogen-bond donors (Lipinski definition) is 2. The normalized spacial score (nSPS) is 23.4. The second-order valence-electron chi connectivity index (χ2n) is 5.31. The van der Waals surface area contributed by atoms with E-state index in [2.05, 4.69) is 49.2 Å². The van der Waals surface area contributed by atoms with E-state index in [-0.39, 0.29) is 18.0 Å². The number of carbonyl (C=O) groups is 1. The van der Waals surface area contributed by atoms with E-state index < -0.39 is 0 Å². The van der Waals surface area contributed by atoms with Crippen molar-refractivity contribution < 1.29 is 4.79 Å². The largest absolute Gasteiger partial charge is 0.355 e. The SMILES string of the molecule is Cc1cccc(N2C(C)CNC(=O)C2CCN)c1C. The molecule has 1 amide bonds. The van der Waals surface area contributed by atoms with E-state index in [9.17, 15) is 4.79 Å². The van der Waals surface area contributed by atoms with E-state index in [0.29, 0.717) is 19.5 Å². The molecule has 4 heteroatoms. The molecule has 0 radical (unpaired) electrons. The number of nitrogens with zero attached hydrogens (tertiary/aromatic N) is 1. The molecule has 1 saturated heterocycles. The minimum atomic E-state index is -0.158. The van der Waals surface area contributed by atoms with Crippen LogP contribution in [0.1, 0.15) is 24.5 Å². The zero-order valence-electron chi connectivity index (χ0n) is 11.9. The van der Waals surface area contributed by atoms with Crippen molar-refractivity contribution in [1.29, 1.82) is 0 Å². The first-order valence-corrected chi connectivity index (χ1v) is 6.88. The van der Waals surface area contributed by atoms with Gasteiger partial charge in [0.2, 0.25) is 5.91 Å². The molecule has 0 aromatic heterocycles. The summed E-state index contributed by atoms with van der Waals surface area (Å²) in [4.78, 5) is 14.3. The molecule has 0 aliphatic carbocycles. The fraction of sp³-hybridized carbons (Fsp3) is 0.533. The Kier molecular flexibility index (Phi) is 4.10. The van der Waals surface area contributed by atoms with Crippen LogP contribution in [0.5, 0.6) is 0 Å². The predicted molar refractivity (Wildman–Crippen MR) is 78.3 cm³/mol. The van der Waals surface area contributed by atoms with Crippen molar-refractivity contribution in [2.75, 3.05) is 18.0 Å². The Bertz CT molecular complexity index is 472. The summed E-state index contributed by atoms with van der Waals surface area (Å²) in [5, 5.41) is 2.96. The van der Waals surface area contributed by atoms with Crippen molar-refractivity contribution in [1.82, 2.24) is 5.32 Å². The fourth-order valence-electron chi connectivity index (χ4n) is 2.75. The van der Waals surface area contributed by atoms with Crippen molar-refractivity contribution in [3.63, 3.8) is 0 Å². The number of carbonyl (C=O) groups excluding carboxylic acids is 1. The maximum Gasteiger partial charge on any atom is 0.242 e. The van der Waals surface area contributed by atoms with Crippen LogP contribution in [-0.2, 0) is 4.79 Å². The van der Waals surface area contributed by atoms with Gasteiger partial charge in [-0.3, -0.25) is 4.79 Å². The summed E-state index contributed by atoms with van der Waals surface area (Å²) in [5.41, 5.74) is 9.32. The first kappa shape index (κ1) is 13.9. The van der Waals surface area contributed by atoms with Gasteiger partial charge in [-0.05, 0) is 50.9 Å². The highest BCUT2D eigenvalue weighted by molar-refractivity contribution is 5.87. The van der Waals surface area contributed by atoms with Gasteiger partial charge in [0.05, 0.1) is 0 Å². The topological polar surface area (TPSA) is 58.4 Å². The van der Waals surface area contributed by atoms with E-state index in [1.807, 2.05) is 0 Å². The van der Waals surface area contributed by atoms with Crippen molar-refractivity contribution in [3.05, 3.63) is 29.3 Å². The van der Waals surface area contributed by atoms with Gasteiger partial charge in [-0.25, -0.2) is 0 Å². The lowest BCUT2D eigenvalue weighted by molar-refractivity contribution is -0.123. The molecule has 104 valence electrons. The standard InChI is InChI=1S/C15H23N3O/c1-10-5-4-6-13(12(10)3)18-11(2)9-17-15(19)14(18)7-8-16/h4-6,11,14H,7-9,16H2,1-3H3,(H,17,19). The molecule has 19 heavy (non-hydrogen) atoms. The Morgan fingerprint density at radius 2 is 2.16 bits per heavy atom. The molecule has 4 nitrogen and oxygen atoms in total. The molecular weight excluding hydrogens is 238 g/mol. The third-order valence-corrected chi connectivity index (χ3v) is 3.98. The minimum absolute atomic E-state index is 0.0875. The first-order valence-electron chi connectivity index (χ1n) is 6.88. The number of rotatable bonds is 3. The van der Waals surface area contributed by atoms with Crippen LogP contribution < -0.4 is 16.0 Å². The van der Waals surface area contributed by atoms with Gasteiger partial charge in [0.1, 0.15) is 6.04 Å². The zero-order chi connectivity index (χ0) is 14.0. The molecule has 1 fully saturated rings. The van der Waals surface area contributed by atoms with Crippen LogP contribution in [0.15, 0.2) is 18.2 Å². The van der Waals surface area contributed by atoms with Gasteiger partial charge in [0, 0.05) is 18.3 Å². The molecule has 1 aromatic rings. The van der Waals surface area contributed by atoms with Crippen LogP contribution in [0.3, 0.4) is 0 Å². The summed E-state index contributed by atoms with van der Waals surface area (Å²) < 4.78 is 0. The quantitative estimate of drug-likeness (QED) is 0.863. The number of nitrogens with one attached hydrogen (secondary N) is 1. The third kappa shape index (κ3) is 2.59. The average Bonchev–Trinajstić information content (AvgIpc) is 2.39. The number of benzene rings is 1. The number of anilines is 1. The monoisotopic (exact) mass is 261 g/mol. The zero-order valence-corrected chi connectivity index (χ0v) is 11.9.